The van der Waals surface area contributed by atoms with Crippen molar-refractivity contribution in [2.45, 2.75) is 19.4 Å². The van der Waals surface area contributed by atoms with Crippen LogP contribution in [0.5, 0.6) is 0 Å². The van der Waals surface area contributed by atoms with E-state index in [1.165, 1.54) is 0 Å². The molecular formula is C13H18ClN3O2. The highest BCUT2D eigenvalue weighted by atomic mass is 35.5. The lowest BCUT2D eigenvalue weighted by molar-refractivity contribution is 0.0644. The van der Waals surface area contributed by atoms with Gasteiger partial charge in [0.2, 0.25) is 0 Å². The standard InChI is InChI=1S/C13H18ClN3O2/c1-13(2)8-19-7-6-17(13)10-5-3-4-9(14)11(10)12(15)16-18/h3-5,18H,6-8H2,1-2H3,(H2,15,16). The van der Waals surface area contributed by atoms with Gasteiger partial charge in [-0.05, 0) is 26.0 Å². The zero-order valence-electron chi connectivity index (χ0n) is 11.1. The van der Waals surface area contributed by atoms with Crippen LogP contribution >= 0.6 is 11.6 Å². The molecule has 1 aliphatic rings. The Hall–Kier alpha value is -1.46. The predicted molar refractivity (Wildman–Crippen MR) is 76.2 cm³/mol. The van der Waals surface area contributed by atoms with Crippen molar-refractivity contribution >= 4 is 23.1 Å². The van der Waals surface area contributed by atoms with Crippen LogP contribution in [0, 0.1) is 0 Å². The molecule has 0 saturated carbocycles. The van der Waals surface area contributed by atoms with Crippen LogP contribution < -0.4 is 10.6 Å². The number of amidine groups is 1. The summed E-state index contributed by atoms with van der Waals surface area (Å²) < 4.78 is 5.51. The molecule has 0 spiro atoms. The molecule has 0 aromatic heterocycles. The maximum atomic E-state index is 8.93. The number of benzene rings is 1. The van der Waals surface area contributed by atoms with E-state index in [9.17, 15) is 0 Å². The minimum atomic E-state index is -0.173. The van der Waals surface area contributed by atoms with Crippen LogP contribution in [0.3, 0.4) is 0 Å². The Balaban J connectivity index is 2.53. The molecule has 6 heteroatoms. The van der Waals surface area contributed by atoms with E-state index in [1.807, 2.05) is 12.1 Å². The van der Waals surface area contributed by atoms with E-state index in [-0.39, 0.29) is 11.4 Å². The van der Waals surface area contributed by atoms with E-state index in [0.717, 1.165) is 12.2 Å². The third-order valence-electron chi connectivity index (χ3n) is 3.29. The van der Waals surface area contributed by atoms with Gasteiger partial charge in [0.15, 0.2) is 5.84 Å². The number of hydrogen-bond acceptors (Lipinski definition) is 4. The first-order chi connectivity index (χ1) is 8.97. The van der Waals surface area contributed by atoms with Crippen molar-refractivity contribution in [1.29, 1.82) is 0 Å². The van der Waals surface area contributed by atoms with Crippen LogP contribution in [-0.2, 0) is 4.74 Å². The summed E-state index contributed by atoms with van der Waals surface area (Å²) in [4.78, 5) is 2.18. The van der Waals surface area contributed by atoms with Crippen molar-refractivity contribution in [2.24, 2.45) is 10.9 Å². The van der Waals surface area contributed by atoms with Gasteiger partial charge in [-0.15, -0.1) is 0 Å². The molecule has 0 aliphatic carbocycles. The van der Waals surface area contributed by atoms with E-state index < -0.39 is 0 Å². The number of nitrogens with zero attached hydrogens (tertiary/aromatic N) is 2. The summed E-state index contributed by atoms with van der Waals surface area (Å²) in [6.45, 7) is 6.17. The molecule has 5 nitrogen and oxygen atoms in total. The molecule has 0 atom stereocenters. The van der Waals surface area contributed by atoms with Crippen molar-refractivity contribution in [1.82, 2.24) is 0 Å². The molecule has 0 unspecified atom stereocenters. The quantitative estimate of drug-likeness (QED) is 0.377. The smallest absolute Gasteiger partial charge is 0.173 e. The number of anilines is 1. The molecule has 1 aromatic rings. The Labute approximate surface area is 117 Å². The van der Waals surface area contributed by atoms with E-state index in [1.54, 1.807) is 6.07 Å². The molecule has 1 aliphatic heterocycles. The minimum absolute atomic E-state index is 0.0166. The summed E-state index contributed by atoms with van der Waals surface area (Å²) in [6.07, 6.45) is 0. The first-order valence-electron chi connectivity index (χ1n) is 6.09. The second-order valence-electron chi connectivity index (χ2n) is 5.14. The van der Waals surface area contributed by atoms with Crippen LogP contribution in [-0.4, -0.2) is 36.3 Å². The number of ether oxygens (including phenoxy) is 1. The van der Waals surface area contributed by atoms with Gasteiger partial charge in [-0.25, -0.2) is 0 Å². The van der Waals surface area contributed by atoms with Gasteiger partial charge in [-0.3, -0.25) is 0 Å². The van der Waals surface area contributed by atoms with Gasteiger partial charge in [0.05, 0.1) is 29.3 Å². The number of morpholine rings is 1. The molecule has 1 saturated heterocycles. The van der Waals surface area contributed by atoms with Crippen LogP contribution in [0.15, 0.2) is 23.4 Å². The van der Waals surface area contributed by atoms with Crippen molar-refractivity contribution in [2.75, 3.05) is 24.7 Å². The zero-order valence-corrected chi connectivity index (χ0v) is 11.8. The highest BCUT2D eigenvalue weighted by Crippen LogP contribution is 2.33. The monoisotopic (exact) mass is 283 g/mol. The third-order valence-corrected chi connectivity index (χ3v) is 3.61. The number of oxime groups is 1. The second-order valence-corrected chi connectivity index (χ2v) is 5.54. The lowest BCUT2D eigenvalue weighted by Crippen LogP contribution is -2.53. The van der Waals surface area contributed by atoms with Crippen molar-refractivity contribution < 1.29 is 9.94 Å². The van der Waals surface area contributed by atoms with Gasteiger partial charge in [0.1, 0.15) is 0 Å². The Kier molecular flexibility index (Phi) is 3.87. The Morgan fingerprint density at radius 3 is 2.89 bits per heavy atom. The van der Waals surface area contributed by atoms with Gasteiger partial charge in [-0.2, -0.15) is 0 Å². The molecule has 3 N–H and O–H groups in total. The van der Waals surface area contributed by atoms with Crippen molar-refractivity contribution in [3.05, 3.63) is 28.8 Å². The van der Waals surface area contributed by atoms with E-state index in [0.29, 0.717) is 23.8 Å². The van der Waals surface area contributed by atoms with Crippen LogP contribution in [0.4, 0.5) is 5.69 Å². The molecule has 2 rings (SSSR count). The maximum Gasteiger partial charge on any atom is 0.173 e. The number of nitrogens with two attached hydrogens (primary N) is 1. The lowest BCUT2D eigenvalue weighted by atomic mass is 9.99. The molecule has 104 valence electrons. The highest BCUT2D eigenvalue weighted by Gasteiger charge is 2.32. The Morgan fingerprint density at radius 1 is 1.53 bits per heavy atom. The summed E-state index contributed by atoms with van der Waals surface area (Å²) in [5.74, 6) is 0.0166. The fraction of sp³-hybridized carbons (Fsp3) is 0.462. The number of hydrogen-bond donors (Lipinski definition) is 2. The number of rotatable bonds is 2. The number of halogens is 1. The van der Waals surface area contributed by atoms with E-state index >= 15 is 0 Å². The third kappa shape index (κ3) is 2.62. The summed E-state index contributed by atoms with van der Waals surface area (Å²) in [6, 6.07) is 5.51. The highest BCUT2D eigenvalue weighted by molar-refractivity contribution is 6.34. The fourth-order valence-electron chi connectivity index (χ4n) is 2.35. The maximum absolute atomic E-state index is 8.93. The van der Waals surface area contributed by atoms with Crippen LogP contribution in [0.2, 0.25) is 5.02 Å². The average molecular weight is 284 g/mol. The SMILES string of the molecule is CC1(C)COCCN1c1cccc(Cl)c1C(N)=NO. The zero-order chi connectivity index (χ0) is 14.0. The largest absolute Gasteiger partial charge is 0.409 e. The van der Waals surface area contributed by atoms with Crippen LogP contribution in [0.1, 0.15) is 19.4 Å². The van der Waals surface area contributed by atoms with E-state index in [2.05, 4.69) is 23.9 Å². The van der Waals surface area contributed by atoms with Gasteiger partial charge in [0, 0.05) is 12.2 Å². The van der Waals surface area contributed by atoms with Gasteiger partial charge < -0.3 is 20.6 Å². The summed E-state index contributed by atoms with van der Waals surface area (Å²) in [5.41, 5.74) is 6.99. The topological polar surface area (TPSA) is 71.1 Å². The fourth-order valence-corrected chi connectivity index (χ4v) is 2.61. The first-order valence-corrected chi connectivity index (χ1v) is 6.47. The summed E-state index contributed by atoms with van der Waals surface area (Å²) in [5, 5.41) is 12.5. The first kappa shape index (κ1) is 14.0. The second kappa shape index (κ2) is 5.27. The van der Waals surface area contributed by atoms with Crippen molar-refractivity contribution in [3.8, 4) is 0 Å². The Bertz CT molecular complexity index is 503. The van der Waals surface area contributed by atoms with E-state index in [4.69, 9.17) is 27.3 Å². The molecule has 1 aromatic carbocycles. The van der Waals surface area contributed by atoms with Gasteiger partial charge in [0.25, 0.3) is 0 Å². The summed E-state index contributed by atoms with van der Waals surface area (Å²) in [7, 11) is 0. The van der Waals surface area contributed by atoms with Crippen LogP contribution in [0.25, 0.3) is 0 Å². The lowest BCUT2D eigenvalue weighted by Gasteiger charge is -2.44. The average Bonchev–Trinajstić information content (AvgIpc) is 2.37. The van der Waals surface area contributed by atoms with Gasteiger partial charge >= 0.3 is 0 Å². The molecule has 0 amide bonds. The van der Waals surface area contributed by atoms with Crippen molar-refractivity contribution in [3.63, 3.8) is 0 Å². The molecule has 1 fully saturated rings. The Morgan fingerprint density at radius 2 is 2.26 bits per heavy atom. The van der Waals surface area contributed by atoms with Gasteiger partial charge in [-0.1, -0.05) is 22.8 Å². The molecule has 0 radical (unpaired) electrons. The molecule has 0 bridgehead atoms. The molecule has 1 heterocycles. The normalized spacial score (nSPS) is 19.5. The minimum Gasteiger partial charge on any atom is -0.409 e. The predicted octanol–water partition coefficient (Wildman–Crippen LogP) is 2.05. The molecular weight excluding hydrogens is 266 g/mol. The molecule has 19 heavy (non-hydrogen) atoms. The summed E-state index contributed by atoms with van der Waals surface area (Å²) >= 11 is 6.19.